The van der Waals surface area contributed by atoms with Crippen LogP contribution < -0.4 is 10.6 Å². The number of hydrogen-bond donors (Lipinski definition) is 2. The molecule has 0 bridgehead atoms. The molecule has 1 aliphatic heterocycles. The molecule has 2 heterocycles. The molecule has 1 aliphatic rings. The first-order valence-electron chi connectivity index (χ1n) is 8.94. The number of hydrogen-bond acceptors (Lipinski definition) is 3. The number of nitrogens with one attached hydrogen (secondary N) is 2. The third-order valence-electron chi connectivity index (χ3n) is 4.10. The van der Waals surface area contributed by atoms with E-state index in [9.17, 15) is 0 Å². The van der Waals surface area contributed by atoms with Crippen molar-refractivity contribution in [3.8, 4) is 0 Å². The van der Waals surface area contributed by atoms with Gasteiger partial charge in [0.25, 0.3) is 0 Å². The number of piperidine rings is 1. The molecule has 1 unspecified atom stereocenters. The predicted octanol–water partition coefficient (Wildman–Crippen LogP) is 3.79. The van der Waals surface area contributed by atoms with Gasteiger partial charge >= 0.3 is 0 Å². The van der Waals surface area contributed by atoms with Crippen LogP contribution >= 0.6 is 35.3 Å². The first-order valence-corrected chi connectivity index (χ1v) is 9.82. The van der Waals surface area contributed by atoms with Gasteiger partial charge in [0.2, 0.25) is 0 Å². The Bertz CT molecular complexity index is 462. The van der Waals surface area contributed by atoms with Crippen molar-refractivity contribution < 1.29 is 0 Å². The van der Waals surface area contributed by atoms with E-state index in [1.807, 2.05) is 0 Å². The number of aliphatic imine (C=N–C) groups is 1. The molecule has 0 saturated carbocycles. The topological polar surface area (TPSA) is 39.7 Å². The molecule has 0 spiro atoms. The van der Waals surface area contributed by atoms with Crippen molar-refractivity contribution in [2.75, 3.05) is 32.7 Å². The zero-order valence-corrected chi connectivity index (χ0v) is 18.4. The lowest BCUT2D eigenvalue weighted by Gasteiger charge is -2.34. The van der Waals surface area contributed by atoms with Crippen molar-refractivity contribution in [2.24, 2.45) is 16.8 Å². The third kappa shape index (κ3) is 8.16. The summed E-state index contributed by atoms with van der Waals surface area (Å²) >= 11 is 1.77. The van der Waals surface area contributed by atoms with Gasteiger partial charge in [-0.05, 0) is 49.6 Å². The maximum absolute atomic E-state index is 4.70. The van der Waals surface area contributed by atoms with Gasteiger partial charge in [0.1, 0.15) is 0 Å². The summed E-state index contributed by atoms with van der Waals surface area (Å²) in [5.41, 5.74) is 0. The Morgan fingerprint density at radius 2 is 2.25 bits per heavy atom. The fraction of sp³-hybridized carbons (Fsp3) is 0.722. The van der Waals surface area contributed by atoms with Gasteiger partial charge in [-0.15, -0.1) is 35.3 Å². The lowest BCUT2D eigenvalue weighted by molar-refractivity contribution is 0.159. The number of halogens is 1. The molecule has 2 rings (SSSR count). The average molecular weight is 464 g/mol. The molecule has 4 nitrogen and oxygen atoms in total. The van der Waals surface area contributed by atoms with Crippen LogP contribution in [0.25, 0.3) is 0 Å². The van der Waals surface area contributed by atoms with E-state index in [2.05, 4.69) is 53.8 Å². The van der Waals surface area contributed by atoms with E-state index in [-0.39, 0.29) is 24.0 Å². The van der Waals surface area contributed by atoms with Crippen molar-refractivity contribution >= 4 is 41.3 Å². The summed E-state index contributed by atoms with van der Waals surface area (Å²) in [4.78, 5) is 8.63. The second-order valence-electron chi connectivity index (χ2n) is 6.82. The first kappa shape index (κ1) is 21.7. The molecule has 1 aromatic rings. The molecule has 1 atom stereocenters. The van der Waals surface area contributed by atoms with Crippen molar-refractivity contribution in [1.82, 2.24) is 15.5 Å². The van der Waals surface area contributed by atoms with E-state index in [0.29, 0.717) is 0 Å². The van der Waals surface area contributed by atoms with Crippen LogP contribution in [0.4, 0.5) is 0 Å². The van der Waals surface area contributed by atoms with Crippen LogP contribution in [0.3, 0.4) is 0 Å². The van der Waals surface area contributed by atoms with E-state index in [0.717, 1.165) is 37.4 Å². The van der Waals surface area contributed by atoms with Crippen LogP contribution in [-0.2, 0) is 6.54 Å². The summed E-state index contributed by atoms with van der Waals surface area (Å²) in [6, 6.07) is 4.23. The summed E-state index contributed by atoms with van der Waals surface area (Å²) in [5.74, 6) is 2.43. The monoisotopic (exact) mass is 464 g/mol. The normalized spacial score (nSPS) is 19.2. The molecule has 0 amide bonds. The van der Waals surface area contributed by atoms with E-state index in [4.69, 9.17) is 4.99 Å². The molecule has 1 aromatic heterocycles. The number of thiophene rings is 1. The molecule has 1 saturated heterocycles. The van der Waals surface area contributed by atoms with Gasteiger partial charge in [-0.25, -0.2) is 4.99 Å². The van der Waals surface area contributed by atoms with Gasteiger partial charge < -0.3 is 15.5 Å². The Kier molecular flexibility index (Phi) is 10.9. The minimum absolute atomic E-state index is 0. The Morgan fingerprint density at radius 3 is 2.92 bits per heavy atom. The van der Waals surface area contributed by atoms with Crippen molar-refractivity contribution in [3.05, 3.63) is 22.4 Å². The van der Waals surface area contributed by atoms with E-state index < -0.39 is 0 Å². The van der Waals surface area contributed by atoms with Crippen molar-refractivity contribution in [1.29, 1.82) is 0 Å². The maximum Gasteiger partial charge on any atom is 0.191 e. The molecule has 24 heavy (non-hydrogen) atoms. The Hall–Kier alpha value is -0.340. The SMILES string of the molecule is CCNC(=NCc1cccs1)NCC1CCCN(CC(C)C)C1.I. The number of nitrogens with zero attached hydrogens (tertiary/aromatic N) is 2. The Balaban J connectivity index is 0.00000288. The van der Waals surface area contributed by atoms with Gasteiger partial charge in [-0.2, -0.15) is 0 Å². The lowest BCUT2D eigenvalue weighted by Crippen LogP contribution is -2.45. The predicted molar refractivity (Wildman–Crippen MR) is 117 cm³/mol. The van der Waals surface area contributed by atoms with Crippen molar-refractivity contribution in [2.45, 2.75) is 40.2 Å². The van der Waals surface area contributed by atoms with Crippen LogP contribution in [-0.4, -0.2) is 43.6 Å². The molecular formula is C18H33IN4S. The molecule has 2 N–H and O–H groups in total. The van der Waals surface area contributed by atoms with Gasteiger partial charge in [0.05, 0.1) is 6.54 Å². The Morgan fingerprint density at radius 1 is 1.42 bits per heavy atom. The number of guanidine groups is 1. The highest BCUT2D eigenvalue weighted by atomic mass is 127. The van der Waals surface area contributed by atoms with Gasteiger partial charge in [-0.3, -0.25) is 0 Å². The Labute approximate surface area is 168 Å². The van der Waals surface area contributed by atoms with Gasteiger partial charge in [-0.1, -0.05) is 19.9 Å². The number of rotatable bonds is 7. The second-order valence-corrected chi connectivity index (χ2v) is 7.85. The lowest BCUT2D eigenvalue weighted by atomic mass is 9.97. The molecule has 1 fully saturated rings. The summed E-state index contributed by atoms with van der Waals surface area (Å²) in [7, 11) is 0. The summed E-state index contributed by atoms with van der Waals surface area (Å²) in [6.07, 6.45) is 2.65. The smallest absolute Gasteiger partial charge is 0.191 e. The molecule has 0 radical (unpaired) electrons. The molecule has 0 aromatic carbocycles. The fourth-order valence-electron chi connectivity index (χ4n) is 3.14. The molecular weight excluding hydrogens is 431 g/mol. The van der Waals surface area contributed by atoms with Crippen molar-refractivity contribution in [3.63, 3.8) is 0 Å². The van der Waals surface area contributed by atoms with E-state index in [1.165, 1.54) is 37.4 Å². The standard InChI is InChI=1S/C18H32N4S.HI/c1-4-19-18(21-12-17-8-6-10-23-17)20-11-16-7-5-9-22(14-16)13-15(2)3;/h6,8,10,15-16H,4-5,7,9,11-14H2,1-3H3,(H2,19,20,21);1H. The third-order valence-corrected chi connectivity index (χ3v) is 4.96. The highest BCUT2D eigenvalue weighted by Gasteiger charge is 2.20. The summed E-state index contributed by atoms with van der Waals surface area (Å²) in [6.45, 7) is 13.1. The molecule has 0 aliphatic carbocycles. The van der Waals surface area contributed by atoms with Crippen LogP contribution in [0.5, 0.6) is 0 Å². The van der Waals surface area contributed by atoms with Crippen LogP contribution in [0.2, 0.25) is 0 Å². The van der Waals surface area contributed by atoms with Crippen LogP contribution in [0, 0.1) is 11.8 Å². The van der Waals surface area contributed by atoms with Crippen LogP contribution in [0.15, 0.2) is 22.5 Å². The molecule has 138 valence electrons. The van der Waals surface area contributed by atoms with E-state index >= 15 is 0 Å². The summed E-state index contributed by atoms with van der Waals surface area (Å²) in [5, 5.41) is 9.01. The average Bonchev–Trinajstić information content (AvgIpc) is 3.03. The van der Waals surface area contributed by atoms with Crippen LogP contribution in [0.1, 0.15) is 38.5 Å². The fourth-order valence-corrected chi connectivity index (χ4v) is 3.77. The highest BCUT2D eigenvalue weighted by molar-refractivity contribution is 14.0. The quantitative estimate of drug-likeness (QED) is 0.367. The molecule has 6 heteroatoms. The van der Waals surface area contributed by atoms with Gasteiger partial charge in [0.15, 0.2) is 5.96 Å². The largest absolute Gasteiger partial charge is 0.357 e. The van der Waals surface area contributed by atoms with E-state index in [1.54, 1.807) is 11.3 Å². The number of likely N-dealkylation sites (tertiary alicyclic amines) is 1. The second kappa shape index (κ2) is 12.1. The van der Waals surface area contributed by atoms with Gasteiger partial charge in [0, 0.05) is 31.1 Å². The minimum Gasteiger partial charge on any atom is -0.357 e. The highest BCUT2D eigenvalue weighted by Crippen LogP contribution is 2.17. The summed E-state index contributed by atoms with van der Waals surface area (Å²) < 4.78 is 0. The first-order chi connectivity index (χ1) is 11.2. The zero-order chi connectivity index (χ0) is 16.5. The minimum atomic E-state index is 0. The zero-order valence-electron chi connectivity index (χ0n) is 15.3. The maximum atomic E-state index is 4.70.